The number of aryl methyl sites for hydroxylation is 1. The van der Waals surface area contributed by atoms with Gasteiger partial charge in [-0.2, -0.15) is 0 Å². The summed E-state index contributed by atoms with van der Waals surface area (Å²) in [5.74, 6) is 0.562. The first kappa shape index (κ1) is 11.6. The molecule has 1 aliphatic rings. The van der Waals surface area contributed by atoms with Gasteiger partial charge in [-0.1, -0.05) is 26.0 Å². The van der Waals surface area contributed by atoms with Crippen LogP contribution in [-0.2, 0) is 0 Å². The predicted octanol–water partition coefficient (Wildman–Crippen LogP) is 4.82. The monoisotopic (exact) mass is 220 g/mol. The van der Waals surface area contributed by atoms with E-state index in [-0.39, 0.29) is 5.82 Å². The summed E-state index contributed by atoms with van der Waals surface area (Å²) >= 11 is 0. The lowest BCUT2D eigenvalue weighted by atomic mass is 9.71. The highest BCUT2D eigenvalue weighted by Crippen LogP contribution is 2.42. The molecule has 0 saturated heterocycles. The van der Waals surface area contributed by atoms with E-state index in [1.54, 1.807) is 6.07 Å². The number of rotatable bonds is 1. The summed E-state index contributed by atoms with van der Waals surface area (Å²) in [5, 5.41) is 0. The lowest BCUT2D eigenvalue weighted by Gasteiger charge is -2.34. The third-order valence-corrected chi connectivity index (χ3v) is 3.99. The van der Waals surface area contributed by atoms with Gasteiger partial charge in [0.2, 0.25) is 0 Å². The molecule has 0 nitrogen and oxygen atoms in total. The maximum Gasteiger partial charge on any atom is 0.126 e. The summed E-state index contributed by atoms with van der Waals surface area (Å²) in [4.78, 5) is 0. The van der Waals surface area contributed by atoms with E-state index >= 15 is 0 Å². The molecule has 0 radical (unpaired) electrons. The molecule has 0 aromatic heterocycles. The van der Waals surface area contributed by atoms with Gasteiger partial charge < -0.3 is 0 Å². The third-order valence-electron chi connectivity index (χ3n) is 3.99. The van der Waals surface area contributed by atoms with E-state index in [2.05, 4.69) is 13.8 Å². The summed E-state index contributed by atoms with van der Waals surface area (Å²) in [7, 11) is 0. The lowest BCUT2D eigenvalue weighted by Crippen LogP contribution is -2.20. The van der Waals surface area contributed by atoms with Crippen molar-refractivity contribution in [3.63, 3.8) is 0 Å². The van der Waals surface area contributed by atoms with E-state index in [1.807, 2.05) is 19.1 Å². The van der Waals surface area contributed by atoms with Gasteiger partial charge in [0.05, 0.1) is 0 Å². The average molecular weight is 220 g/mol. The molecule has 88 valence electrons. The topological polar surface area (TPSA) is 0 Å². The average Bonchev–Trinajstić information content (AvgIpc) is 2.22. The normalized spacial score (nSPS) is 21.0. The maximum absolute atomic E-state index is 13.2. The zero-order chi connectivity index (χ0) is 11.8. The van der Waals surface area contributed by atoms with Crippen molar-refractivity contribution in [3.05, 3.63) is 35.1 Å². The Labute approximate surface area is 97.9 Å². The molecule has 0 amide bonds. The molecule has 1 aromatic carbocycles. The second-order valence-corrected chi connectivity index (χ2v) is 5.95. The van der Waals surface area contributed by atoms with Crippen molar-refractivity contribution in [3.8, 4) is 0 Å². The van der Waals surface area contributed by atoms with Crippen LogP contribution in [0, 0.1) is 18.2 Å². The van der Waals surface area contributed by atoms with E-state index in [4.69, 9.17) is 0 Å². The molecular formula is C15H21F. The molecule has 0 spiro atoms. The van der Waals surface area contributed by atoms with E-state index in [0.717, 1.165) is 5.56 Å². The van der Waals surface area contributed by atoms with Gasteiger partial charge in [-0.3, -0.25) is 0 Å². The molecule has 0 atom stereocenters. The second-order valence-electron chi connectivity index (χ2n) is 5.95. The molecule has 0 heterocycles. The fourth-order valence-electron chi connectivity index (χ4n) is 2.65. The van der Waals surface area contributed by atoms with Crippen LogP contribution >= 0.6 is 0 Å². The second kappa shape index (κ2) is 4.20. The van der Waals surface area contributed by atoms with Crippen molar-refractivity contribution < 1.29 is 4.39 Å². The van der Waals surface area contributed by atoms with Gasteiger partial charge in [0.25, 0.3) is 0 Å². The van der Waals surface area contributed by atoms with E-state index in [1.165, 1.54) is 31.2 Å². The van der Waals surface area contributed by atoms with Crippen molar-refractivity contribution >= 4 is 0 Å². The van der Waals surface area contributed by atoms with Crippen LogP contribution < -0.4 is 0 Å². The highest BCUT2D eigenvalue weighted by atomic mass is 19.1. The summed E-state index contributed by atoms with van der Waals surface area (Å²) in [6.45, 7) is 6.55. The van der Waals surface area contributed by atoms with Crippen LogP contribution in [0.2, 0.25) is 0 Å². The van der Waals surface area contributed by atoms with Crippen molar-refractivity contribution in [1.82, 2.24) is 0 Å². The molecule has 1 aliphatic carbocycles. The maximum atomic E-state index is 13.2. The van der Waals surface area contributed by atoms with Gasteiger partial charge in [-0.05, 0) is 61.1 Å². The molecule has 0 N–H and O–H groups in total. The predicted molar refractivity (Wildman–Crippen MR) is 66.1 cm³/mol. The van der Waals surface area contributed by atoms with Crippen molar-refractivity contribution in [1.29, 1.82) is 0 Å². The van der Waals surface area contributed by atoms with Crippen LogP contribution in [0.5, 0.6) is 0 Å². The number of halogens is 1. The Morgan fingerprint density at radius 1 is 1.19 bits per heavy atom. The number of benzene rings is 1. The smallest absolute Gasteiger partial charge is 0.126 e. The van der Waals surface area contributed by atoms with Gasteiger partial charge in [0.15, 0.2) is 0 Å². The molecule has 0 aliphatic heterocycles. The Bertz CT molecular complexity index is 369. The van der Waals surface area contributed by atoms with Crippen LogP contribution in [0.1, 0.15) is 56.6 Å². The molecule has 1 heteroatoms. The van der Waals surface area contributed by atoms with Gasteiger partial charge >= 0.3 is 0 Å². The van der Waals surface area contributed by atoms with Gasteiger partial charge in [-0.15, -0.1) is 0 Å². The Hall–Kier alpha value is -0.850. The highest BCUT2D eigenvalue weighted by molar-refractivity contribution is 5.27. The first-order valence-corrected chi connectivity index (χ1v) is 6.24. The minimum atomic E-state index is -0.0834. The Balaban J connectivity index is 2.11. The molecule has 1 saturated carbocycles. The van der Waals surface area contributed by atoms with Crippen molar-refractivity contribution in [2.75, 3.05) is 0 Å². The highest BCUT2D eigenvalue weighted by Gasteiger charge is 2.27. The Morgan fingerprint density at radius 3 is 2.38 bits per heavy atom. The molecule has 1 aromatic rings. The van der Waals surface area contributed by atoms with Crippen LogP contribution in [0.3, 0.4) is 0 Å². The van der Waals surface area contributed by atoms with Gasteiger partial charge in [-0.25, -0.2) is 4.39 Å². The molecule has 0 unspecified atom stereocenters. The first-order valence-electron chi connectivity index (χ1n) is 6.24. The molecule has 2 rings (SSSR count). The van der Waals surface area contributed by atoms with Crippen LogP contribution in [-0.4, -0.2) is 0 Å². The standard InChI is InChI=1S/C15H21F/c1-11-10-13(4-5-14(11)16)12-6-8-15(2,3)9-7-12/h4-5,10,12H,6-9H2,1-3H3. The van der Waals surface area contributed by atoms with Crippen LogP contribution in [0.25, 0.3) is 0 Å². The quantitative estimate of drug-likeness (QED) is 0.636. The summed E-state index contributed by atoms with van der Waals surface area (Å²) < 4.78 is 13.2. The number of hydrogen-bond donors (Lipinski definition) is 0. The van der Waals surface area contributed by atoms with E-state index in [9.17, 15) is 4.39 Å². The lowest BCUT2D eigenvalue weighted by molar-refractivity contribution is 0.224. The third kappa shape index (κ3) is 2.45. The van der Waals surface area contributed by atoms with Crippen molar-refractivity contribution in [2.24, 2.45) is 5.41 Å². The van der Waals surface area contributed by atoms with E-state index < -0.39 is 0 Å². The summed E-state index contributed by atoms with van der Waals surface area (Å²) in [5.41, 5.74) is 2.61. The number of hydrogen-bond acceptors (Lipinski definition) is 0. The van der Waals surface area contributed by atoms with E-state index in [0.29, 0.717) is 11.3 Å². The zero-order valence-electron chi connectivity index (χ0n) is 10.5. The fraction of sp³-hybridized carbons (Fsp3) is 0.600. The van der Waals surface area contributed by atoms with Crippen molar-refractivity contribution in [2.45, 2.75) is 52.4 Å². The summed E-state index contributed by atoms with van der Waals surface area (Å²) in [6.07, 6.45) is 5.07. The van der Waals surface area contributed by atoms with Crippen LogP contribution in [0.4, 0.5) is 4.39 Å². The molecule has 0 bridgehead atoms. The summed E-state index contributed by atoms with van der Waals surface area (Å²) in [6, 6.07) is 5.61. The Morgan fingerprint density at radius 2 is 1.81 bits per heavy atom. The van der Waals surface area contributed by atoms with Gasteiger partial charge in [0, 0.05) is 0 Å². The first-order chi connectivity index (χ1) is 7.48. The Kier molecular flexibility index (Phi) is 3.05. The zero-order valence-corrected chi connectivity index (χ0v) is 10.5. The SMILES string of the molecule is Cc1cc(C2CCC(C)(C)CC2)ccc1F. The minimum absolute atomic E-state index is 0.0834. The minimum Gasteiger partial charge on any atom is -0.207 e. The molecular weight excluding hydrogens is 199 g/mol. The largest absolute Gasteiger partial charge is 0.207 e. The molecule has 16 heavy (non-hydrogen) atoms. The van der Waals surface area contributed by atoms with Crippen LogP contribution in [0.15, 0.2) is 18.2 Å². The molecule has 1 fully saturated rings. The fourth-order valence-corrected chi connectivity index (χ4v) is 2.65. The van der Waals surface area contributed by atoms with Gasteiger partial charge in [0.1, 0.15) is 5.82 Å².